The summed E-state index contributed by atoms with van der Waals surface area (Å²) in [5.74, 6) is -0.197. The molecular weight excluding hydrogens is 363 g/mol. The van der Waals surface area contributed by atoms with Crippen LogP contribution in [-0.4, -0.2) is 28.0 Å². The van der Waals surface area contributed by atoms with Gasteiger partial charge in [-0.15, -0.1) is 0 Å². The fourth-order valence-corrected chi connectivity index (χ4v) is 3.08. The van der Waals surface area contributed by atoms with Gasteiger partial charge in [-0.2, -0.15) is 0 Å². The predicted octanol–water partition coefficient (Wildman–Crippen LogP) is 2.41. The quantitative estimate of drug-likeness (QED) is 0.728. The number of ether oxygens (including phenoxy) is 1. The molecule has 2 aromatic carbocycles. The molecule has 1 aliphatic heterocycles. The van der Waals surface area contributed by atoms with Gasteiger partial charge in [-0.3, -0.25) is 9.59 Å². The van der Waals surface area contributed by atoms with Gasteiger partial charge in [0.15, 0.2) is 6.61 Å². The number of aromatic nitrogens is 2. The van der Waals surface area contributed by atoms with Crippen LogP contribution in [0.3, 0.4) is 0 Å². The smallest absolute Gasteiger partial charge is 0.262 e. The Morgan fingerprint density at radius 1 is 1.32 bits per heavy atom. The van der Waals surface area contributed by atoms with E-state index in [1.165, 1.54) is 6.07 Å². The van der Waals surface area contributed by atoms with Gasteiger partial charge in [-0.1, -0.05) is 18.2 Å². The molecule has 2 N–H and O–H groups in total. The third-order valence-corrected chi connectivity index (χ3v) is 4.48. The highest BCUT2D eigenvalue weighted by atomic mass is 19.1. The van der Waals surface area contributed by atoms with Crippen LogP contribution in [0.1, 0.15) is 27.8 Å². The van der Waals surface area contributed by atoms with Crippen LogP contribution in [0.4, 0.5) is 10.1 Å². The summed E-state index contributed by atoms with van der Waals surface area (Å²) in [5.41, 5.74) is 1.14. The first-order valence-corrected chi connectivity index (χ1v) is 8.62. The zero-order valence-electron chi connectivity index (χ0n) is 15.0. The first-order valence-electron chi connectivity index (χ1n) is 8.62. The maximum Gasteiger partial charge on any atom is 0.262 e. The highest BCUT2D eigenvalue weighted by Crippen LogP contribution is 2.29. The van der Waals surface area contributed by atoms with Crippen molar-refractivity contribution < 1.29 is 18.7 Å². The van der Waals surface area contributed by atoms with Crippen molar-refractivity contribution in [3.05, 3.63) is 77.6 Å². The number of hydrogen-bond donors (Lipinski definition) is 2. The van der Waals surface area contributed by atoms with Gasteiger partial charge in [0.1, 0.15) is 23.4 Å². The maximum absolute atomic E-state index is 14.4. The number of rotatable bonds is 4. The molecule has 0 saturated heterocycles. The van der Waals surface area contributed by atoms with E-state index in [-0.39, 0.29) is 12.5 Å². The van der Waals surface area contributed by atoms with E-state index in [0.29, 0.717) is 28.4 Å². The molecule has 142 valence electrons. The van der Waals surface area contributed by atoms with Gasteiger partial charge in [-0.05, 0) is 24.3 Å². The Kier molecular flexibility index (Phi) is 4.52. The van der Waals surface area contributed by atoms with Crippen LogP contribution in [0, 0.1) is 5.82 Å². The summed E-state index contributed by atoms with van der Waals surface area (Å²) < 4.78 is 21.5. The number of imidazole rings is 1. The van der Waals surface area contributed by atoms with Gasteiger partial charge in [0.2, 0.25) is 0 Å². The number of benzene rings is 2. The predicted molar refractivity (Wildman–Crippen MR) is 99.5 cm³/mol. The van der Waals surface area contributed by atoms with Crippen LogP contribution in [0.2, 0.25) is 0 Å². The van der Waals surface area contributed by atoms with Crippen molar-refractivity contribution in [1.82, 2.24) is 14.9 Å². The fraction of sp³-hybridized carbons (Fsp3) is 0.150. The second-order valence-corrected chi connectivity index (χ2v) is 6.37. The highest BCUT2D eigenvalue weighted by Gasteiger charge is 2.25. The molecule has 0 aliphatic carbocycles. The Bertz CT molecular complexity index is 1060. The standard InChI is InChI=1S/C20H17FN4O3/c1-25-9-8-22-19(25)18(13-4-2-3-5-14(13)21)24-20(27)12-6-7-15-16(10-12)28-11-17(26)23-15/h2-10,18H,11H2,1H3,(H,23,26)(H,24,27)/t18-/m1/s1. The third kappa shape index (κ3) is 3.32. The molecule has 0 saturated carbocycles. The molecule has 3 aromatic rings. The van der Waals surface area contributed by atoms with Crippen molar-refractivity contribution in [2.45, 2.75) is 6.04 Å². The van der Waals surface area contributed by atoms with Gasteiger partial charge in [-0.25, -0.2) is 9.37 Å². The molecular formula is C20H17FN4O3. The van der Waals surface area contributed by atoms with E-state index in [9.17, 15) is 14.0 Å². The van der Waals surface area contributed by atoms with E-state index in [4.69, 9.17) is 4.74 Å². The Hall–Kier alpha value is -3.68. The van der Waals surface area contributed by atoms with E-state index in [1.54, 1.807) is 60.4 Å². The van der Waals surface area contributed by atoms with Crippen molar-refractivity contribution in [3.8, 4) is 5.75 Å². The van der Waals surface area contributed by atoms with Crippen molar-refractivity contribution in [2.24, 2.45) is 7.05 Å². The summed E-state index contributed by atoms with van der Waals surface area (Å²) in [6.07, 6.45) is 3.31. The van der Waals surface area contributed by atoms with Crippen LogP contribution in [0.15, 0.2) is 54.9 Å². The number of fused-ring (bicyclic) bond motifs is 1. The summed E-state index contributed by atoms with van der Waals surface area (Å²) in [6.45, 7) is -0.108. The Balaban J connectivity index is 1.66. The van der Waals surface area contributed by atoms with Crippen LogP contribution >= 0.6 is 0 Å². The molecule has 2 heterocycles. The summed E-state index contributed by atoms with van der Waals surface area (Å²) in [4.78, 5) is 28.5. The third-order valence-electron chi connectivity index (χ3n) is 4.48. The van der Waals surface area contributed by atoms with Gasteiger partial charge >= 0.3 is 0 Å². The number of anilines is 1. The number of nitrogens with zero attached hydrogens (tertiary/aromatic N) is 2. The monoisotopic (exact) mass is 380 g/mol. The minimum absolute atomic E-state index is 0.108. The van der Waals surface area contributed by atoms with E-state index in [1.807, 2.05) is 0 Å². The van der Waals surface area contributed by atoms with E-state index in [2.05, 4.69) is 15.6 Å². The van der Waals surface area contributed by atoms with Gasteiger partial charge < -0.3 is 19.9 Å². The molecule has 1 aliphatic rings. The Morgan fingerprint density at radius 2 is 2.14 bits per heavy atom. The summed E-state index contributed by atoms with van der Waals surface area (Å²) in [6, 6.07) is 10.2. The van der Waals surface area contributed by atoms with Crippen LogP contribution in [0.25, 0.3) is 0 Å². The lowest BCUT2D eigenvalue weighted by molar-refractivity contribution is -0.118. The molecule has 0 spiro atoms. The second-order valence-electron chi connectivity index (χ2n) is 6.37. The summed E-state index contributed by atoms with van der Waals surface area (Å²) in [5, 5.41) is 5.52. The van der Waals surface area contributed by atoms with Crippen molar-refractivity contribution in [2.75, 3.05) is 11.9 Å². The minimum Gasteiger partial charge on any atom is -0.482 e. The van der Waals surface area contributed by atoms with Crippen LogP contribution in [0.5, 0.6) is 5.75 Å². The molecule has 28 heavy (non-hydrogen) atoms. The average molecular weight is 380 g/mol. The van der Waals surface area contributed by atoms with Crippen molar-refractivity contribution >= 4 is 17.5 Å². The molecule has 0 bridgehead atoms. The molecule has 2 amide bonds. The molecule has 4 rings (SSSR count). The molecule has 7 nitrogen and oxygen atoms in total. The van der Waals surface area contributed by atoms with Gasteiger partial charge in [0, 0.05) is 30.6 Å². The highest BCUT2D eigenvalue weighted by molar-refractivity contribution is 5.99. The summed E-state index contributed by atoms with van der Waals surface area (Å²) in [7, 11) is 1.78. The number of hydrogen-bond acceptors (Lipinski definition) is 4. The molecule has 0 fully saturated rings. The van der Waals surface area contributed by atoms with Crippen LogP contribution in [-0.2, 0) is 11.8 Å². The lowest BCUT2D eigenvalue weighted by Crippen LogP contribution is -2.32. The van der Waals surface area contributed by atoms with Gasteiger partial charge in [0.05, 0.1) is 5.69 Å². The molecule has 0 unspecified atom stereocenters. The first-order chi connectivity index (χ1) is 13.5. The number of nitrogens with one attached hydrogen (secondary N) is 2. The molecule has 1 aromatic heterocycles. The largest absolute Gasteiger partial charge is 0.482 e. The van der Waals surface area contributed by atoms with E-state index < -0.39 is 17.8 Å². The van der Waals surface area contributed by atoms with Crippen molar-refractivity contribution in [1.29, 1.82) is 0 Å². The Morgan fingerprint density at radius 3 is 2.89 bits per heavy atom. The van der Waals surface area contributed by atoms with E-state index >= 15 is 0 Å². The molecule has 0 radical (unpaired) electrons. The lowest BCUT2D eigenvalue weighted by Gasteiger charge is -2.21. The number of carbonyl (C=O) groups excluding carboxylic acids is 2. The zero-order chi connectivity index (χ0) is 19.7. The summed E-state index contributed by atoms with van der Waals surface area (Å²) >= 11 is 0. The zero-order valence-corrected chi connectivity index (χ0v) is 15.0. The minimum atomic E-state index is -0.773. The topological polar surface area (TPSA) is 85.2 Å². The number of halogens is 1. The maximum atomic E-state index is 14.4. The molecule has 1 atom stereocenters. The average Bonchev–Trinajstić information content (AvgIpc) is 3.12. The lowest BCUT2D eigenvalue weighted by atomic mass is 10.0. The first kappa shape index (κ1) is 17.7. The van der Waals surface area contributed by atoms with Crippen molar-refractivity contribution in [3.63, 3.8) is 0 Å². The fourth-order valence-electron chi connectivity index (χ4n) is 3.08. The number of aryl methyl sites for hydroxylation is 1. The molecule has 8 heteroatoms. The second kappa shape index (κ2) is 7.15. The SMILES string of the molecule is Cn1ccnc1[C@H](NC(=O)c1ccc2c(c1)OCC(=O)N2)c1ccccc1F. The number of carbonyl (C=O) groups is 2. The van der Waals surface area contributed by atoms with Gasteiger partial charge in [0.25, 0.3) is 11.8 Å². The Labute approximate surface area is 160 Å². The normalized spacial score (nSPS) is 13.9. The van der Waals surface area contributed by atoms with E-state index in [0.717, 1.165) is 0 Å². The van der Waals surface area contributed by atoms with Crippen LogP contribution < -0.4 is 15.4 Å². The number of amides is 2.